The zero-order chi connectivity index (χ0) is 13.0. The van der Waals surface area contributed by atoms with E-state index in [-0.39, 0.29) is 0 Å². The lowest BCUT2D eigenvalue weighted by Gasteiger charge is -2.04. The van der Waals surface area contributed by atoms with Gasteiger partial charge in [0.25, 0.3) is 0 Å². The monoisotopic (exact) mass is 262 g/mol. The van der Waals surface area contributed by atoms with Crippen molar-refractivity contribution in [2.75, 3.05) is 7.11 Å². The summed E-state index contributed by atoms with van der Waals surface area (Å²) >= 11 is 1.40. The Morgan fingerprint density at radius 1 is 1.11 bits per heavy atom. The van der Waals surface area contributed by atoms with E-state index in [1.807, 2.05) is 24.3 Å². The molecule has 0 fully saturated rings. The molecule has 2 nitrogen and oxygen atoms in total. The van der Waals surface area contributed by atoms with Crippen LogP contribution in [0.2, 0.25) is 0 Å². The third kappa shape index (κ3) is 3.11. The maximum Gasteiger partial charge on any atom is 0.150 e. The first-order chi connectivity index (χ1) is 8.71. The fourth-order valence-corrected chi connectivity index (χ4v) is 2.40. The van der Waals surface area contributed by atoms with Crippen LogP contribution >= 0.6 is 11.8 Å². The number of ether oxygens (including phenoxy) is 1. The fraction of sp³-hybridized carbons (Fsp3) is 0.0714. The lowest BCUT2D eigenvalue weighted by atomic mass is 10.2. The van der Waals surface area contributed by atoms with Gasteiger partial charge in [-0.05, 0) is 42.5 Å². The van der Waals surface area contributed by atoms with Crippen LogP contribution in [0.5, 0.6) is 5.75 Å². The lowest BCUT2D eigenvalue weighted by Crippen LogP contribution is -1.85. The Bertz CT molecular complexity index is 552. The molecule has 2 rings (SSSR count). The molecule has 0 saturated carbocycles. The van der Waals surface area contributed by atoms with Crippen LogP contribution in [0.4, 0.5) is 4.39 Å². The molecule has 0 radical (unpaired) electrons. The highest BCUT2D eigenvalue weighted by molar-refractivity contribution is 7.99. The maximum atomic E-state index is 13.2. The largest absolute Gasteiger partial charge is 0.497 e. The standard InChI is InChI=1S/C14H11FO2S/c1-17-12-2-4-13(5-3-12)18-14-7-10(9-16)6-11(15)8-14/h2-9H,1H3. The predicted octanol–water partition coefficient (Wildman–Crippen LogP) is 3.80. The number of hydrogen-bond acceptors (Lipinski definition) is 3. The van der Waals surface area contributed by atoms with Gasteiger partial charge in [0.1, 0.15) is 17.9 Å². The Hall–Kier alpha value is -1.81. The van der Waals surface area contributed by atoms with Gasteiger partial charge in [-0.3, -0.25) is 4.79 Å². The third-order valence-corrected chi connectivity index (χ3v) is 3.30. The highest BCUT2D eigenvalue weighted by Gasteiger charge is 2.03. The molecule has 0 heterocycles. The van der Waals surface area contributed by atoms with Crippen LogP contribution in [0.3, 0.4) is 0 Å². The molecule has 2 aromatic carbocycles. The maximum absolute atomic E-state index is 13.2. The van der Waals surface area contributed by atoms with Gasteiger partial charge in [0, 0.05) is 15.4 Å². The first-order valence-corrected chi connectivity index (χ1v) is 6.10. The van der Waals surface area contributed by atoms with Gasteiger partial charge in [-0.1, -0.05) is 11.8 Å². The minimum Gasteiger partial charge on any atom is -0.497 e. The van der Waals surface area contributed by atoms with Gasteiger partial charge in [0.15, 0.2) is 0 Å². The van der Waals surface area contributed by atoms with E-state index in [2.05, 4.69) is 0 Å². The molecule has 92 valence electrons. The summed E-state index contributed by atoms with van der Waals surface area (Å²) in [5.41, 5.74) is 0.339. The van der Waals surface area contributed by atoms with E-state index in [4.69, 9.17) is 4.74 Å². The lowest BCUT2D eigenvalue weighted by molar-refractivity contribution is 0.112. The number of hydrogen-bond donors (Lipinski definition) is 0. The minimum atomic E-state index is -0.407. The molecule has 0 bridgehead atoms. The van der Waals surface area contributed by atoms with Crippen molar-refractivity contribution in [2.24, 2.45) is 0 Å². The smallest absolute Gasteiger partial charge is 0.150 e. The second-order valence-corrected chi connectivity index (χ2v) is 4.76. The van der Waals surface area contributed by atoms with E-state index in [0.717, 1.165) is 10.6 Å². The van der Waals surface area contributed by atoms with Crippen molar-refractivity contribution in [2.45, 2.75) is 9.79 Å². The minimum absolute atomic E-state index is 0.339. The van der Waals surface area contributed by atoms with Crippen molar-refractivity contribution in [3.05, 3.63) is 53.8 Å². The number of benzene rings is 2. The molecule has 0 aliphatic heterocycles. The summed E-state index contributed by atoms with van der Waals surface area (Å²) in [4.78, 5) is 12.3. The molecule has 0 unspecified atom stereocenters. The van der Waals surface area contributed by atoms with Crippen molar-refractivity contribution in [3.63, 3.8) is 0 Å². The van der Waals surface area contributed by atoms with Crippen molar-refractivity contribution in [1.82, 2.24) is 0 Å². The Balaban J connectivity index is 2.22. The van der Waals surface area contributed by atoms with Gasteiger partial charge in [-0.15, -0.1) is 0 Å². The number of methoxy groups -OCH3 is 1. The van der Waals surface area contributed by atoms with E-state index < -0.39 is 5.82 Å². The van der Waals surface area contributed by atoms with Gasteiger partial charge < -0.3 is 4.74 Å². The van der Waals surface area contributed by atoms with Crippen molar-refractivity contribution >= 4 is 18.0 Å². The Morgan fingerprint density at radius 2 is 1.83 bits per heavy atom. The fourth-order valence-electron chi connectivity index (χ4n) is 1.49. The summed E-state index contributed by atoms with van der Waals surface area (Å²) in [6.07, 6.45) is 0.640. The average molecular weight is 262 g/mol. The van der Waals surface area contributed by atoms with Crippen LogP contribution in [-0.2, 0) is 0 Å². The van der Waals surface area contributed by atoms with Gasteiger partial charge >= 0.3 is 0 Å². The number of halogens is 1. The summed E-state index contributed by atoms with van der Waals surface area (Å²) in [5, 5.41) is 0. The quantitative estimate of drug-likeness (QED) is 0.784. The van der Waals surface area contributed by atoms with Crippen LogP contribution in [0.15, 0.2) is 52.3 Å². The number of carbonyl (C=O) groups excluding carboxylic acids is 1. The number of aldehydes is 1. The summed E-state index contributed by atoms with van der Waals surface area (Å²) in [5.74, 6) is 0.364. The molecule has 0 aliphatic carbocycles. The molecule has 0 N–H and O–H groups in total. The van der Waals surface area contributed by atoms with Gasteiger partial charge in [0.2, 0.25) is 0 Å². The normalized spacial score (nSPS) is 10.1. The zero-order valence-corrected chi connectivity index (χ0v) is 10.5. The summed E-state index contributed by atoms with van der Waals surface area (Å²) in [7, 11) is 1.60. The van der Waals surface area contributed by atoms with E-state index >= 15 is 0 Å². The van der Waals surface area contributed by atoms with Crippen molar-refractivity contribution < 1.29 is 13.9 Å². The second kappa shape index (κ2) is 5.69. The second-order valence-electron chi connectivity index (χ2n) is 3.62. The molecule has 0 saturated heterocycles. The molecule has 4 heteroatoms. The average Bonchev–Trinajstić information content (AvgIpc) is 2.39. The predicted molar refractivity (Wildman–Crippen MR) is 68.9 cm³/mol. The van der Waals surface area contributed by atoms with Gasteiger partial charge in [0.05, 0.1) is 7.11 Å². The molecular weight excluding hydrogens is 251 g/mol. The van der Waals surface area contributed by atoms with Crippen LogP contribution in [0.1, 0.15) is 10.4 Å². The zero-order valence-electron chi connectivity index (χ0n) is 9.72. The Kier molecular flexibility index (Phi) is 3.99. The van der Waals surface area contributed by atoms with E-state index in [9.17, 15) is 9.18 Å². The Morgan fingerprint density at radius 3 is 2.44 bits per heavy atom. The van der Waals surface area contributed by atoms with Gasteiger partial charge in [-0.2, -0.15) is 0 Å². The molecular formula is C14H11FO2S. The molecule has 0 aliphatic rings. The first-order valence-electron chi connectivity index (χ1n) is 5.29. The molecule has 2 aromatic rings. The summed E-state index contributed by atoms with van der Waals surface area (Å²) in [6, 6.07) is 11.7. The number of carbonyl (C=O) groups is 1. The topological polar surface area (TPSA) is 26.3 Å². The molecule has 0 amide bonds. The molecule has 0 spiro atoms. The van der Waals surface area contributed by atoms with Crippen LogP contribution in [-0.4, -0.2) is 13.4 Å². The van der Waals surface area contributed by atoms with Crippen LogP contribution < -0.4 is 4.74 Å². The summed E-state index contributed by atoms with van der Waals surface area (Å²) < 4.78 is 18.3. The first kappa shape index (κ1) is 12.6. The summed E-state index contributed by atoms with van der Waals surface area (Å²) in [6.45, 7) is 0. The molecule has 0 atom stereocenters. The van der Waals surface area contributed by atoms with E-state index in [1.54, 1.807) is 13.2 Å². The third-order valence-electron chi connectivity index (χ3n) is 2.32. The molecule has 0 aromatic heterocycles. The SMILES string of the molecule is COc1ccc(Sc2cc(F)cc(C=O)c2)cc1. The highest BCUT2D eigenvalue weighted by Crippen LogP contribution is 2.29. The van der Waals surface area contributed by atoms with Gasteiger partial charge in [-0.25, -0.2) is 4.39 Å². The molecule has 18 heavy (non-hydrogen) atoms. The van der Waals surface area contributed by atoms with Crippen molar-refractivity contribution in [3.8, 4) is 5.75 Å². The number of rotatable bonds is 4. The van der Waals surface area contributed by atoms with E-state index in [0.29, 0.717) is 16.7 Å². The van der Waals surface area contributed by atoms with E-state index in [1.165, 1.54) is 23.9 Å². The highest BCUT2D eigenvalue weighted by atomic mass is 32.2. The van der Waals surface area contributed by atoms with Crippen molar-refractivity contribution in [1.29, 1.82) is 0 Å². The van der Waals surface area contributed by atoms with Crippen LogP contribution in [0.25, 0.3) is 0 Å². The van der Waals surface area contributed by atoms with Crippen LogP contribution in [0, 0.1) is 5.82 Å². The Labute approximate surface area is 109 Å².